The molecule has 6 aliphatic heterocycles. The van der Waals surface area contributed by atoms with Crippen molar-refractivity contribution in [2.45, 2.75) is 258 Å². The number of pyridine rings is 3. The molecular formula is C99H136ClN15O26S6. The van der Waals surface area contributed by atoms with Gasteiger partial charge in [-0.05, 0) is 197 Å². The SMILES string of the molecule is CC(C)(C)OC(=O)[C@H](Cc1ccc(OC(=O)N2CCN(C(=O)Cl)CC2)cc1)NC(=O)[C@H]1N(S(=O)(=O)c2cccnc2)CSC1(C)C.CCCC.CCCCC(=O)N1CCN(C(=O)Oc2ccc(C[C@H](NC(=O)[C@H]3N(S(=O)(=O)c4cccnc4)CSC3(C)C)C(=O)O)cc2)CC1.CCCCC(=O)N1CCN(C(=O)Oc2ccc(C[C@H](NC(=O)[C@H]3N(S(=O)(=O)c4cccnc4)CSC3(C)C)C(=O)OC(C)(C)C)cc2)CC1.O=CO. The third-order valence-electron chi connectivity index (χ3n) is 23.9. The number of unbranched alkanes of at least 4 members (excludes halogenated alkanes) is 3. The van der Waals surface area contributed by atoms with Gasteiger partial charge in [0.1, 0.15) is 79.4 Å². The number of ether oxygens (including phenoxy) is 5. The van der Waals surface area contributed by atoms with E-state index in [4.69, 9.17) is 45.2 Å². The predicted molar refractivity (Wildman–Crippen MR) is 553 cm³/mol. The molecule has 6 atom stereocenters. The first-order valence-corrected chi connectivity index (χ1v) is 55.8. The maximum absolute atomic E-state index is 13.9. The highest BCUT2D eigenvalue weighted by molar-refractivity contribution is 8.02. The normalized spacial score (nSPS) is 18.5. The van der Waals surface area contributed by atoms with Crippen LogP contribution in [0.3, 0.4) is 0 Å². The minimum atomic E-state index is -4.07. The number of sulfonamides is 3. The van der Waals surface area contributed by atoms with Crippen LogP contribution in [-0.2, 0) is 102 Å². The minimum absolute atomic E-state index is 0.0208. The lowest BCUT2D eigenvalue weighted by Crippen LogP contribution is -2.57. The van der Waals surface area contributed by atoms with Gasteiger partial charge in [-0.1, -0.05) is 89.8 Å². The van der Waals surface area contributed by atoms with Gasteiger partial charge in [-0.2, -0.15) is 12.9 Å². The van der Waals surface area contributed by atoms with Crippen molar-refractivity contribution >= 4 is 155 Å². The van der Waals surface area contributed by atoms with Crippen molar-refractivity contribution < 1.29 is 121 Å². The second kappa shape index (κ2) is 54.7. The number of nitrogens with one attached hydrogen (secondary N) is 3. The van der Waals surface area contributed by atoms with Crippen molar-refractivity contribution in [3.63, 3.8) is 0 Å². The number of carboxylic acid groups (broad SMARTS) is 2. The molecule has 806 valence electrons. The molecule has 6 aliphatic rings. The summed E-state index contributed by atoms with van der Waals surface area (Å²) < 4.78 is 110. The van der Waals surface area contributed by atoms with E-state index in [1.54, 1.807) is 158 Å². The first kappa shape index (κ1) is 121. The number of aliphatic carboxylic acids is 1. The van der Waals surface area contributed by atoms with Gasteiger partial charge in [0.15, 0.2) is 0 Å². The Morgan fingerprint density at radius 1 is 0.415 bits per heavy atom. The van der Waals surface area contributed by atoms with E-state index < -0.39 is 151 Å². The number of halogens is 1. The van der Waals surface area contributed by atoms with Gasteiger partial charge in [-0.15, -0.1) is 35.3 Å². The van der Waals surface area contributed by atoms with E-state index in [9.17, 15) is 87.9 Å². The molecule has 6 fully saturated rings. The number of carboxylic acids is 1. The molecular weight excluding hydrogens is 2040 g/mol. The molecule has 9 amide bonds. The fraction of sp³-hybridized carbons (Fsp3) is 0.535. The molecule has 0 bridgehead atoms. The summed E-state index contributed by atoms with van der Waals surface area (Å²) in [4.78, 5) is 184. The van der Waals surface area contributed by atoms with Crippen LogP contribution in [0, 0.1) is 0 Å². The average molecular weight is 2180 g/mol. The average Bonchev–Trinajstić information content (AvgIpc) is 1.62. The zero-order valence-electron chi connectivity index (χ0n) is 85.7. The Balaban J connectivity index is 0.000000260. The number of benzene rings is 3. The molecule has 3 aromatic heterocycles. The van der Waals surface area contributed by atoms with Crippen LogP contribution in [0.2, 0.25) is 0 Å². The number of hydrogen-bond acceptors (Lipinski definition) is 30. The molecule has 3 aromatic carbocycles. The number of nitrogens with zero attached hydrogens (tertiary/aromatic N) is 12. The summed E-state index contributed by atoms with van der Waals surface area (Å²) in [5, 5.41) is 24.3. The molecule has 0 saturated carbocycles. The van der Waals surface area contributed by atoms with E-state index in [1.165, 1.54) is 149 Å². The van der Waals surface area contributed by atoms with Crippen LogP contribution in [0.15, 0.2) is 161 Å². The van der Waals surface area contributed by atoms with Crippen molar-refractivity contribution in [2.75, 3.05) is 96.2 Å². The van der Waals surface area contributed by atoms with E-state index in [2.05, 4.69) is 44.7 Å². The first-order valence-electron chi connectivity index (χ1n) is 48.2. The molecule has 5 N–H and O–H groups in total. The third kappa shape index (κ3) is 35.2. The van der Waals surface area contributed by atoms with Crippen molar-refractivity contribution in [1.82, 2.24) is 73.2 Å². The van der Waals surface area contributed by atoms with E-state index >= 15 is 0 Å². The van der Waals surface area contributed by atoms with Crippen LogP contribution in [0.4, 0.5) is 19.2 Å². The lowest BCUT2D eigenvalue weighted by atomic mass is 10.0. The van der Waals surface area contributed by atoms with Crippen molar-refractivity contribution in [1.29, 1.82) is 0 Å². The molecule has 9 heterocycles. The number of carbonyl (C=O) groups excluding carboxylic acids is 11. The third-order valence-corrected chi connectivity index (χ3v) is 34.1. The summed E-state index contributed by atoms with van der Waals surface area (Å²) in [5.74, 6) is -3.49. The molecule has 147 heavy (non-hydrogen) atoms. The van der Waals surface area contributed by atoms with E-state index in [-0.39, 0.29) is 94.5 Å². The standard InChI is InChI=1S/C34H47N5O8S2.C30H38ClN5O8S2.C30H39N5O8S2.C4H10.CH2O2/c1-7-8-11-28(40)37-17-19-38(20-18-37)32(43)46-25-14-12-24(13-15-25)21-27(31(42)47-33(2,3)4)36-30(41)29-34(5,6)48-23-39(29)49(44,45)26-10-9-16-35-22-26;1-29(2,3)44-26(38)23(17-20-8-10-21(11-9-20)43-28(40)35-15-13-34(14-16-35)27(31)39)33-25(37)24-30(4,5)45-19-36(24)46(41,42)22-7-6-12-32-18-22;1-4-5-8-25(36)33-14-16-34(17-15-33)29(40)43-22-11-9-21(10-12-22)18-24(28(38)39)32-27(37)26-30(2,3)44-20-35(26)45(41,42)23-7-6-13-31-19-23;1-3-4-2;2-1-3/h9-10,12-16,22,27,29H,7-8,11,17-21,23H2,1-6H3,(H,36,41);6-12,18,23-24H,13-17,19H2,1-5H3,(H,33,37);6-7,9-13,19,24,26H,4-5,8,14-18,20H2,1-3H3,(H,32,37)(H,38,39);3-4H2,1-2H3;1H,(H,2,3)/t27-,29+;23-,24+;24-,26+;;/m000../s1. The smallest absolute Gasteiger partial charge is 0.415 e. The molecule has 0 spiro atoms. The number of carbonyl (C=O) groups is 13. The molecule has 41 nitrogen and oxygen atoms in total. The van der Waals surface area contributed by atoms with Crippen molar-refractivity contribution in [2.24, 2.45) is 0 Å². The summed E-state index contributed by atoms with van der Waals surface area (Å²) in [6.45, 7) is 33.5. The van der Waals surface area contributed by atoms with Gasteiger partial charge in [-0.3, -0.25) is 48.5 Å². The number of esters is 2. The van der Waals surface area contributed by atoms with Gasteiger partial charge in [0.2, 0.25) is 59.6 Å². The summed E-state index contributed by atoms with van der Waals surface area (Å²) in [6.07, 6.45) is 13.6. The molecule has 48 heteroatoms. The van der Waals surface area contributed by atoms with Crippen LogP contribution >= 0.6 is 46.9 Å². The van der Waals surface area contributed by atoms with Gasteiger partial charge >= 0.3 is 41.6 Å². The fourth-order valence-electron chi connectivity index (χ4n) is 15.7. The molecule has 0 aliphatic carbocycles. The minimum Gasteiger partial charge on any atom is -0.483 e. The summed E-state index contributed by atoms with van der Waals surface area (Å²) >= 11 is 9.43. The fourth-order valence-corrected chi connectivity index (χ4v) is 25.3. The Morgan fingerprint density at radius 2 is 0.667 bits per heavy atom. The molecule has 0 radical (unpaired) electrons. The number of amides is 9. The molecule has 0 unspecified atom stereocenters. The number of piperazine rings is 3. The summed E-state index contributed by atoms with van der Waals surface area (Å²) in [5.41, 5.74) is 0.144. The van der Waals surface area contributed by atoms with E-state index in [0.717, 1.165) is 38.6 Å². The van der Waals surface area contributed by atoms with Crippen LogP contribution in [0.5, 0.6) is 17.2 Å². The van der Waals surface area contributed by atoms with Gasteiger partial charge in [-0.25, -0.2) is 54.0 Å². The summed E-state index contributed by atoms with van der Waals surface area (Å²) in [6, 6.07) is 21.0. The second-order valence-corrected chi connectivity index (χ2v) is 49.4. The molecule has 6 saturated heterocycles. The van der Waals surface area contributed by atoms with E-state index in [1.807, 2.05) is 13.8 Å². The maximum Gasteiger partial charge on any atom is 0.415 e. The number of aromatic nitrogens is 3. The van der Waals surface area contributed by atoms with Crippen LogP contribution in [0.1, 0.15) is 179 Å². The van der Waals surface area contributed by atoms with Crippen LogP contribution in [-0.4, -0.2) is 328 Å². The Kier molecular flexibility index (Phi) is 45.0. The zero-order chi connectivity index (χ0) is 109. The lowest BCUT2D eigenvalue weighted by molar-refractivity contribution is -0.159. The number of thioether (sulfide) groups is 3. The van der Waals surface area contributed by atoms with E-state index in [0.29, 0.717) is 101 Å². The maximum atomic E-state index is 13.9. The summed E-state index contributed by atoms with van der Waals surface area (Å²) in [7, 11) is -12.2. The predicted octanol–water partition coefficient (Wildman–Crippen LogP) is 11.4. The van der Waals surface area contributed by atoms with Gasteiger partial charge in [0.05, 0.1) is 17.6 Å². The molecule has 6 aromatic rings. The quantitative estimate of drug-likeness (QED) is 0.0117. The van der Waals surface area contributed by atoms with Crippen LogP contribution < -0.4 is 30.2 Å². The Labute approximate surface area is 877 Å². The topological polar surface area (TPSA) is 515 Å². The first-order chi connectivity index (χ1) is 69.1. The van der Waals surface area contributed by atoms with Gasteiger partial charge < -0.3 is 79.2 Å². The monoisotopic (exact) mass is 2180 g/mol. The largest absolute Gasteiger partial charge is 0.483 e. The van der Waals surface area contributed by atoms with Gasteiger partial charge in [0.25, 0.3) is 6.47 Å². The highest BCUT2D eigenvalue weighted by Gasteiger charge is 2.55. The zero-order valence-corrected chi connectivity index (χ0v) is 91.3. The lowest BCUT2D eigenvalue weighted by Gasteiger charge is -2.34. The Hall–Kier alpha value is -11.3. The Bertz CT molecular complexity index is 5820. The Morgan fingerprint density at radius 3 is 0.898 bits per heavy atom. The number of hydrogen-bond donors (Lipinski definition) is 5. The molecule has 12 rings (SSSR count). The highest BCUT2D eigenvalue weighted by Crippen LogP contribution is 2.46. The second-order valence-electron chi connectivity index (χ2n) is 38.6. The van der Waals surface area contributed by atoms with Crippen molar-refractivity contribution in [3.8, 4) is 17.2 Å². The highest BCUT2D eigenvalue weighted by atomic mass is 35.5. The van der Waals surface area contributed by atoms with Gasteiger partial charge in [0, 0.05) is 162 Å². The van der Waals surface area contributed by atoms with Crippen molar-refractivity contribution in [3.05, 3.63) is 163 Å². The van der Waals surface area contributed by atoms with Crippen LogP contribution in [0.25, 0.3) is 0 Å². The number of rotatable bonds is 31.